The Labute approximate surface area is 144 Å². The molecule has 25 heavy (non-hydrogen) atoms. The summed E-state index contributed by atoms with van der Waals surface area (Å²) in [6.45, 7) is 2.09. The number of ether oxygens (including phenoxy) is 1. The van der Waals surface area contributed by atoms with E-state index >= 15 is 0 Å². The van der Waals surface area contributed by atoms with Crippen molar-refractivity contribution >= 4 is 11.3 Å². The zero-order chi connectivity index (χ0) is 17.4. The Bertz CT molecular complexity index is 945. The second-order valence-corrected chi connectivity index (χ2v) is 6.24. The molecule has 130 valence electrons. The van der Waals surface area contributed by atoms with Gasteiger partial charge in [0.25, 0.3) is 0 Å². The van der Waals surface area contributed by atoms with Gasteiger partial charge in [-0.1, -0.05) is 19.1 Å². The second kappa shape index (κ2) is 6.34. The normalized spacial score (nSPS) is 20.2. The zero-order valence-electron chi connectivity index (χ0n) is 13.9. The number of aromatic nitrogens is 3. The number of hydrogen-bond acceptors (Lipinski definition) is 5. The van der Waals surface area contributed by atoms with Crippen molar-refractivity contribution < 1.29 is 4.74 Å². The summed E-state index contributed by atoms with van der Waals surface area (Å²) >= 11 is 0. The van der Waals surface area contributed by atoms with E-state index in [4.69, 9.17) is 4.74 Å². The molecule has 1 saturated heterocycles. The fraction of sp³-hybridized carbons (Fsp3) is 0.333. The van der Waals surface area contributed by atoms with E-state index in [1.807, 2.05) is 11.5 Å². The van der Waals surface area contributed by atoms with Gasteiger partial charge >= 0.3 is 5.69 Å². The predicted molar refractivity (Wildman–Crippen MR) is 95.3 cm³/mol. The molecule has 0 spiro atoms. The monoisotopic (exact) mass is 339 g/mol. The van der Waals surface area contributed by atoms with E-state index in [0.29, 0.717) is 17.0 Å². The zero-order valence-corrected chi connectivity index (χ0v) is 13.9. The van der Waals surface area contributed by atoms with Gasteiger partial charge in [0.15, 0.2) is 0 Å². The molecule has 4 rings (SSSR count). The smallest absolute Gasteiger partial charge is 0.336 e. The summed E-state index contributed by atoms with van der Waals surface area (Å²) in [7, 11) is 0. The molecule has 1 aromatic carbocycles. The van der Waals surface area contributed by atoms with Gasteiger partial charge in [-0.2, -0.15) is 0 Å². The highest BCUT2D eigenvalue weighted by atomic mass is 16.5. The Morgan fingerprint density at radius 2 is 2.08 bits per heavy atom. The number of fused-ring (bicyclic) bond motifs is 1. The van der Waals surface area contributed by atoms with Gasteiger partial charge in [0.2, 0.25) is 0 Å². The molecule has 2 aromatic heterocycles. The lowest BCUT2D eigenvalue weighted by molar-refractivity contribution is -0.00209. The van der Waals surface area contributed by atoms with Crippen LogP contribution in [0.15, 0.2) is 47.5 Å². The van der Waals surface area contributed by atoms with Crippen LogP contribution in [0.3, 0.4) is 0 Å². The van der Waals surface area contributed by atoms with Crippen LogP contribution in [-0.4, -0.2) is 20.1 Å². The molecule has 1 N–H and O–H groups in total. The molecule has 1 aliphatic heterocycles. The lowest BCUT2D eigenvalue weighted by Gasteiger charge is -2.15. The van der Waals surface area contributed by atoms with E-state index in [1.54, 1.807) is 41.2 Å². The highest BCUT2D eigenvalue weighted by Gasteiger charge is 2.26. The number of hydrogen-bond donors (Lipinski definition) is 1. The third kappa shape index (κ3) is 2.81. The van der Waals surface area contributed by atoms with Crippen molar-refractivity contribution in [2.24, 2.45) is 0 Å². The maximum Gasteiger partial charge on any atom is 0.336 e. The highest BCUT2D eigenvalue weighted by molar-refractivity contribution is 5.65. The molecular weight excluding hydrogens is 320 g/mol. The largest absolute Gasteiger partial charge is 0.761 e. The lowest BCUT2D eigenvalue weighted by atomic mass is 10.1. The molecule has 1 fully saturated rings. The van der Waals surface area contributed by atoms with Gasteiger partial charge in [-0.15, -0.1) is 0 Å². The minimum Gasteiger partial charge on any atom is -0.761 e. The van der Waals surface area contributed by atoms with Crippen LogP contribution in [0, 0.1) is 5.21 Å². The van der Waals surface area contributed by atoms with Crippen LogP contribution in [0.5, 0.6) is 0 Å². The summed E-state index contributed by atoms with van der Waals surface area (Å²) in [5, 5.41) is 10.6. The van der Waals surface area contributed by atoms with Gasteiger partial charge in [0, 0.05) is 23.6 Å². The molecular formula is C18H19N4O3-. The van der Waals surface area contributed by atoms with Crippen LogP contribution in [0.25, 0.3) is 16.9 Å². The number of imidazole rings is 1. The minimum atomic E-state index is -0.213. The summed E-state index contributed by atoms with van der Waals surface area (Å²) in [5.74, 6) is 0. The van der Waals surface area contributed by atoms with Crippen molar-refractivity contribution in [3.05, 3.63) is 58.4 Å². The first-order valence-corrected chi connectivity index (χ1v) is 8.44. The first kappa shape index (κ1) is 15.9. The molecule has 0 bridgehead atoms. The second-order valence-electron chi connectivity index (χ2n) is 6.24. The van der Waals surface area contributed by atoms with Crippen molar-refractivity contribution in [3.8, 4) is 11.3 Å². The standard InChI is InChI=1S/C18H19N4O3/c1-2-14-7-8-17(25-14)21-10-9-16-19-15(11-22(16)18(21)23)12-3-5-13(20-24)6-4-12/h3-6,9-11,14,17,20H,2,7-8H2,1H3/q-1/t14-,17-/m0/s1. The maximum atomic E-state index is 12.8. The van der Waals surface area contributed by atoms with E-state index < -0.39 is 0 Å². The Hall–Kier alpha value is -2.64. The first-order valence-electron chi connectivity index (χ1n) is 8.44. The molecule has 0 aliphatic carbocycles. The summed E-state index contributed by atoms with van der Waals surface area (Å²) in [6, 6.07) is 8.78. The van der Waals surface area contributed by atoms with Gasteiger partial charge < -0.3 is 15.4 Å². The molecule has 1 aliphatic rings. The molecule has 0 amide bonds. The van der Waals surface area contributed by atoms with Crippen molar-refractivity contribution in [2.75, 3.05) is 5.48 Å². The van der Waals surface area contributed by atoms with E-state index in [2.05, 4.69) is 11.9 Å². The topological polar surface area (TPSA) is 83.6 Å². The van der Waals surface area contributed by atoms with Crippen LogP contribution in [0.1, 0.15) is 32.4 Å². The summed E-state index contributed by atoms with van der Waals surface area (Å²) in [6.07, 6.45) is 6.25. The van der Waals surface area contributed by atoms with Crippen molar-refractivity contribution in [3.63, 3.8) is 0 Å². The van der Waals surface area contributed by atoms with Crippen molar-refractivity contribution in [1.82, 2.24) is 14.0 Å². The number of nitrogens with zero attached hydrogens (tertiary/aromatic N) is 3. The number of rotatable bonds is 4. The average Bonchev–Trinajstić information content (AvgIpc) is 3.29. The van der Waals surface area contributed by atoms with Gasteiger partial charge in [-0.05, 0) is 37.5 Å². The summed E-state index contributed by atoms with van der Waals surface area (Å²) in [4.78, 5) is 17.3. The fourth-order valence-corrected chi connectivity index (χ4v) is 3.26. The third-order valence-electron chi connectivity index (χ3n) is 4.69. The van der Waals surface area contributed by atoms with Gasteiger partial charge in [-0.25, -0.2) is 9.78 Å². The molecule has 3 aromatic rings. The van der Waals surface area contributed by atoms with Crippen LogP contribution in [0.2, 0.25) is 0 Å². The van der Waals surface area contributed by atoms with E-state index in [9.17, 15) is 10.0 Å². The van der Waals surface area contributed by atoms with Gasteiger partial charge in [-0.3, -0.25) is 8.97 Å². The Morgan fingerprint density at radius 3 is 2.76 bits per heavy atom. The van der Waals surface area contributed by atoms with Crippen molar-refractivity contribution in [2.45, 2.75) is 38.5 Å². The summed E-state index contributed by atoms with van der Waals surface area (Å²) < 4.78 is 9.11. The average molecular weight is 339 g/mol. The lowest BCUT2D eigenvalue weighted by Crippen LogP contribution is -2.29. The molecule has 7 nitrogen and oxygen atoms in total. The molecule has 0 radical (unpaired) electrons. The molecule has 0 unspecified atom stereocenters. The quantitative estimate of drug-likeness (QED) is 0.738. The summed E-state index contributed by atoms with van der Waals surface area (Å²) in [5.41, 5.74) is 4.29. The highest BCUT2D eigenvalue weighted by Crippen LogP contribution is 2.29. The van der Waals surface area contributed by atoms with Crippen molar-refractivity contribution in [1.29, 1.82) is 0 Å². The SMILES string of the molecule is CC[C@H]1CC[C@@H](n2ccc3nc(-c4ccc(N[O-])cc4)cn3c2=O)O1. The van der Waals surface area contributed by atoms with Crippen LogP contribution in [0.4, 0.5) is 5.69 Å². The first-order chi connectivity index (χ1) is 12.2. The van der Waals surface area contributed by atoms with Gasteiger partial charge in [0.1, 0.15) is 11.9 Å². The Balaban J connectivity index is 1.71. The van der Waals surface area contributed by atoms with Crippen LogP contribution >= 0.6 is 0 Å². The Morgan fingerprint density at radius 1 is 1.28 bits per heavy atom. The van der Waals surface area contributed by atoms with Crippen LogP contribution < -0.4 is 11.2 Å². The number of benzene rings is 1. The fourth-order valence-electron chi connectivity index (χ4n) is 3.26. The Kier molecular flexibility index (Phi) is 4.03. The van der Waals surface area contributed by atoms with Crippen LogP contribution in [-0.2, 0) is 4.74 Å². The molecule has 2 atom stereocenters. The number of anilines is 1. The third-order valence-corrected chi connectivity index (χ3v) is 4.69. The van der Waals surface area contributed by atoms with E-state index in [0.717, 1.165) is 24.8 Å². The van der Waals surface area contributed by atoms with Gasteiger partial charge in [0.05, 0.1) is 11.8 Å². The maximum absolute atomic E-state index is 12.8. The molecule has 0 saturated carbocycles. The van der Waals surface area contributed by atoms with E-state index in [1.165, 1.54) is 4.40 Å². The molecule has 7 heteroatoms. The van der Waals surface area contributed by atoms with E-state index in [-0.39, 0.29) is 18.0 Å². The molecule has 3 heterocycles. The predicted octanol–water partition coefficient (Wildman–Crippen LogP) is 3.16. The minimum absolute atomic E-state index is 0.157. The number of nitrogens with one attached hydrogen (secondary N) is 1.